The van der Waals surface area contributed by atoms with Crippen LogP contribution in [-0.4, -0.2) is 34.6 Å². The fourth-order valence-electron chi connectivity index (χ4n) is 2.94. The largest absolute Gasteiger partial charge is 0.481 e. The quantitative estimate of drug-likeness (QED) is 0.861. The molecular weight excluding hydrogens is 270 g/mol. The molecule has 3 N–H and O–H groups in total. The van der Waals surface area contributed by atoms with Crippen molar-refractivity contribution in [1.82, 2.24) is 4.98 Å². The Bertz CT molecular complexity index is 545. The molecule has 1 atom stereocenters. The number of carbonyl (C=O) groups is 2. The lowest BCUT2D eigenvalue weighted by Crippen LogP contribution is -2.41. The summed E-state index contributed by atoms with van der Waals surface area (Å²) in [5.74, 6) is -0.691. The molecule has 114 valence electrons. The Labute approximate surface area is 124 Å². The van der Waals surface area contributed by atoms with Crippen LogP contribution in [0.2, 0.25) is 0 Å². The highest BCUT2D eigenvalue weighted by Gasteiger charge is 2.27. The summed E-state index contributed by atoms with van der Waals surface area (Å²) in [4.78, 5) is 28.9. The van der Waals surface area contributed by atoms with E-state index in [1.165, 1.54) is 0 Å². The van der Waals surface area contributed by atoms with Crippen LogP contribution >= 0.6 is 0 Å². The molecule has 0 saturated carbocycles. The van der Waals surface area contributed by atoms with Gasteiger partial charge in [0.1, 0.15) is 5.82 Å². The molecule has 2 rings (SSSR count). The zero-order valence-corrected chi connectivity index (χ0v) is 12.2. The topological polar surface area (TPSA) is 96.5 Å². The first-order valence-corrected chi connectivity index (χ1v) is 7.24. The molecule has 1 saturated heterocycles. The zero-order valence-electron chi connectivity index (χ0n) is 12.2. The maximum atomic E-state index is 11.7. The maximum absolute atomic E-state index is 11.7. The van der Waals surface area contributed by atoms with Crippen LogP contribution < -0.4 is 10.6 Å². The minimum Gasteiger partial charge on any atom is -0.481 e. The summed E-state index contributed by atoms with van der Waals surface area (Å²) in [5, 5.41) is 8.88. The van der Waals surface area contributed by atoms with Crippen molar-refractivity contribution >= 4 is 17.7 Å². The number of pyridine rings is 1. The first-order valence-electron chi connectivity index (χ1n) is 7.24. The molecule has 1 aromatic rings. The van der Waals surface area contributed by atoms with Crippen LogP contribution in [0.1, 0.15) is 48.0 Å². The number of primary amides is 1. The average molecular weight is 291 g/mol. The number of piperidine rings is 1. The van der Waals surface area contributed by atoms with Crippen molar-refractivity contribution in [3.8, 4) is 0 Å². The van der Waals surface area contributed by atoms with Crippen LogP contribution in [-0.2, 0) is 4.79 Å². The third kappa shape index (κ3) is 3.51. The van der Waals surface area contributed by atoms with Gasteiger partial charge in [-0.3, -0.25) is 9.59 Å². The summed E-state index contributed by atoms with van der Waals surface area (Å²) >= 11 is 0. The van der Waals surface area contributed by atoms with Gasteiger partial charge in [0.05, 0.1) is 5.56 Å². The number of nitrogens with zero attached hydrogens (tertiary/aromatic N) is 2. The van der Waals surface area contributed by atoms with Gasteiger partial charge in [0.2, 0.25) is 0 Å². The highest BCUT2D eigenvalue weighted by molar-refractivity contribution is 5.99. The van der Waals surface area contributed by atoms with E-state index in [0.717, 1.165) is 31.4 Å². The molecule has 1 aromatic heterocycles. The first-order chi connectivity index (χ1) is 10.0. The van der Waals surface area contributed by atoms with Crippen molar-refractivity contribution in [3.05, 3.63) is 23.4 Å². The van der Waals surface area contributed by atoms with Gasteiger partial charge in [0.25, 0.3) is 5.91 Å². The molecule has 0 spiro atoms. The van der Waals surface area contributed by atoms with E-state index in [4.69, 9.17) is 10.8 Å². The summed E-state index contributed by atoms with van der Waals surface area (Å²) in [5.41, 5.74) is 6.74. The summed E-state index contributed by atoms with van der Waals surface area (Å²) in [6, 6.07) is 1.86. The number of carbonyl (C=O) groups excluding carboxylic acids is 1. The van der Waals surface area contributed by atoms with E-state index in [1.807, 2.05) is 6.92 Å². The van der Waals surface area contributed by atoms with E-state index in [1.54, 1.807) is 12.3 Å². The number of hydrogen-bond donors (Lipinski definition) is 2. The number of anilines is 1. The van der Waals surface area contributed by atoms with Crippen LogP contribution in [0.3, 0.4) is 0 Å². The Balaban J connectivity index is 2.31. The van der Waals surface area contributed by atoms with Crippen molar-refractivity contribution in [1.29, 1.82) is 0 Å². The molecular formula is C15H21N3O3. The SMILES string of the molecule is Cc1ccnc(N2CCCCC2CCC(=O)O)c1C(N)=O. The number of aliphatic carboxylic acids is 1. The Morgan fingerprint density at radius 3 is 2.90 bits per heavy atom. The summed E-state index contributed by atoms with van der Waals surface area (Å²) in [7, 11) is 0. The van der Waals surface area contributed by atoms with E-state index >= 15 is 0 Å². The minimum atomic E-state index is -0.798. The number of hydrogen-bond acceptors (Lipinski definition) is 4. The van der Waals surface area contributed by atoms with E-state index < -0.39 is 11.9 Å². The minimum absolute atomic E-state index is 0.0993. The summed E-state index contributed by atoms with van der Waals surface area (Å²) in [6.07, 6.45) is 5.35. The van der Waals surface area contributed by atoms with Crippen molar-refractivity contribution in [2.75, 3.05) is 11.4 Å². The van der Waals surface area contributed by atoms with E-state index in [0.29, 0.717) is 17.8 Å². The number of aryl methyl sites for hydroxylation is 1. The molecule has 1 unspecified atom stereocenters. The number of rotatable bonds is 5. The molecule has 6 heteroatoms. The van der Waals surface area contributed by atoms with Crippen molar-refractivity contribution in [3.63, 3.8) is 0 Å². The summed E-state index contributed by atoms with van der Waals surface area (Å²) in [6.45, 7) is 2.61. The second kappa shape index (κ2) is 6.56. The van der Waals surface area contributed by atoms with E-state index in [9.17, 15) is 9.59 Å². The lowest BCUT2D eigenvalue weighted by molar-refractivity contribution is -0.137. The van der Waals surface area contributed by atoms with Gasteiger partial charge >= 0.3 is 5.97 Å². The second-order valence-electron chi connectivity index (χ2n) is 5.47. The second-order valence-corrected chi connectivity index (χ2v) is 5.47. The maximum Gasteiger partial charge on any atom is 0.303 e. The Morgan fingerprint density at radius 2 is 2.24 bits per heavy atom. The van der Waals surface area contributed by atoms with Crippen molar-refractivity contribution in [2.45, 2.75) is 45.1 Å². The van der Waals surface area contributed by atoms with Crippen molar-refractivity contribution in [2.24, 2.45) is 5.73 Å². The number of amides is 1. The lowest BCUT2D eigenvalue weighted by atomic mass is 9.96. The number of carboxylic acids is 1. The van der Waals surface area contributed by atoms with Crippen LogP contribution in [0.5, 0.6) is 0 Å². The van der Waals surface area contributed by atoms with Gasteiger partial charge in [0, 0.05) is 25.2 Å². The van der Waals surface area contributed by atoms with Crippen molar-refractivity contribution < 1.29 is 14.7 Å². The van der Waals surface area contributed by atoms with Crippen LogP contribution in [0.25, 0.3) is 0 Å². The average Bonchev–Trinajstić information content (AvgIpc) is 2.44. The number of aromatic nitrogens is 1. The number of nitrogens with two attached hydrogens (primary N) is 1. The lowest BCUT2D eigenvalue weighted by Gasteiger charge is -2.37. The van der Waals surface area contributed by atoms with Gasteiger partial charge in [0.15, 0.2) is 0 Å². The molecule has 2 heterocycles. The standard InChI is InChI=1S/C15H21N3O3/c1-10-7-8-17-15(13(10)14(16)21)18-9-3-2-4-11(18)5-6-12(19)20/h7-8,11H,2-6,9H2,1H3,(H2,16,21)(H,19,20). The normalized spacial score (nSPS) is 18.5. The fourth-order valence-corrected chi connectivity index (χ4v) is 2.94. The molecule has 0 aromatic carbocycles. The predicted octanol–water partition coefficient (Wildman–Crippen LogP) is 1.71. The molecule has 1 aliphatic rings. The van der Waals surface area contributed by atoms with Gasteiger partial charge < -0.3 is 15.7 Å². The molecule has 6 nitrogen and oxygen atoms in total. The number of carboxylic acid groups (broad SMARTS) is 1. The van der Waals surface area contributed by atoms with E-state index in [-0.39, 0.29) is 12.5 Å². The third-order valence-corrected chi connectivity index (χ3v) is 3.98. The van der Waals surface area contributed by atoms with E-state index in [2.05, 4.69) is 9.88 Å². The van der Waals surface area contributed by atoms with Gasteiger partial charge in [-0.1, -0.05) is 0 Å². The Hall–Kier alpha value is -2.11. The molecule has 1 fully saturated rings. The van der Waals surface area contributed by atoms with Crippen LogP contribution in [0, 0.1) is 6.92 Å². The smallest absolute Gasteiger partial charge is 0.303 e. The molecule has 1 amide bonds. The molecule has 0 aliphatic carbocycles. The summed E-state index contributed by atoms with van der Waals surface area (Å²) < 4.78 is 0. The zero-order chi connectivity index (χ0) is 15.4. The van der Waals surface area contributed by atoms with Gasteiger partial charge in [-0.2, -0.15) is 0 Å². The molecule has 21 heavy (non-hydrogen) atoms. The fraction of sp³-hybridized carbons (Fsp3) is 0.533. The monoisotopic (exact) mass is 291 g/mol. The first kappa shape index (κ1) is 15.3. The van der Waals surface area contributed by atoms with Gasteiger partial charge in [-0.15, -0.1) is 0 Å². The van der Waals surface area contributed by atoms with Gasteiger partial charge in [-0.05, 0) is 44.2 Å². The molecule has 0 radical (unpaired) electrons. The Morgan fingerprint density at radius 1 is 1.48 bits per heavy atom. The highest BCUT2D eigenvalue weighted by atomic mass is 16.4. The predicted molar refractivity (Wildman–Crippen MR) is 79.3 cm³/mol. The van der Waals surface area contributed by atoms with Gasteiger partial charge in [-0.25, -0.2) is 4.98 Å². The Kier molecular flexibility index (Phi) is 4.77. The molecule has 1 aliphatic heterocycles. The highest BCUT2D eigenvalue weighted by Crippen LogP contribution is 2.29. The van der Waals surface area contributed by atoms with Crippen LogP contribution in [0.4, 0.5) is 5.82 Å². The third-order valence-electron chi connectivity index (χ3n) is 3.98. The van der Waals surface area contributed by atoms with Crippen LogP contribution in [0.15, 0.2) is 12.3 Å². The molecule has 0 bridgehead atoms.